The highest BCUT2D eigenvalue weighted by Gasteiger charge is 2.25. The number of imidazole rings is 1. The minimum absolute atomic E-state index is 0.105. The van der Waals surface area contributed by atoms with Crippen molar-refractivity contribution in [2.75, 3.05) is 0 Å². The number of benzene rings is 1. The van der Waals surface area contributed by atoms with Gasteiger partial charge in [-0.2, -0.15) is 5.10 Å². The molecule has 25 heavy (non-hydrogen) atoms. The molecule has 3 aromatic rings. The second-order valence-corrected chi connectivity index (χ2v) is 5.64. The van der Waals surface area contributed by atoms with Crippen molar-refractivity contribution in [3.63, 3.8) is 0 Å². The minimum atomic E-state index is -0.667. The van der Waals surface area contributed by atoms with Crippen LogP contribution in [0.5, 0.6) is 5.75 Å². The average Bonchev–Trinajstić information content (AvgIpc) is 3.05. The largest absolute Gasteiger partial charge is 0.508 e. The van der Waals surface area contributed by atoms with Crippen molar-refractivity contribution < 1.29 is 14.7 Å². The first-order chi connectivity index (χ1) is 11.8. The SMILES string of the molecule is Cc1nc(-c2c(C(N)=NO)c(C)nn2-c2ccc(O)cc2F)c(C)[nH]1. The Labute approximate surface area is 142 Å². The summed E-state index contributed by atoms with van der Waals surface area (Å²) in [5.41, 5.74) is 8.34. The van der Waals surface area contributed by atoms with Crippen LogP contribution in [0.1, 0.15) is 22.8 Å². The maximum atomic E-state index is 14.4. The number of aromatic amines is 1. The van der Waals surface area contributed by atoms with Crippen LogP contribution in [0.2, 0.25) is 0 Å². The number of aryl methyl sites for hydroxylation is 3. The van der Waals surface area contributed by atoms with E-state index < -0.39 is 5.82 Å². The molecule has 2 heterocycles. The van der Waals surface area contributed by atoms with Crippen LogP contribution < -0.4 is 5.73 Å². The summed E-state index contributed by atoms with van der Waals surface area (Å²) >= 11 is 0. The lowest BCUT2D eigenvalue weighted by atomic mass is 10.1. The molecule has 0 fully saturated rings. The number of nitrogens with zero attached hydrogens (tertiary/aromatic N) is 4. The molecule has 9 heteroatoms. The Balaban J connectivity index is 2.39. The van der Waals surface area contributed by atoms with E-state index in [2.05, 4.69) is 20.2 Å². The normalized spacial score (nSPS) is 11.9. The first kappa shape index (κ1) is 16.5. The molecule has 0 aliphatic rings. The lowest BCUT2D eigenvalue weighted by Gasteiger charge is -2.09. The molecule has 0 aliphatic heterocycles. The molecule has 0 unspecified atom stereocenters. The van der Waals surface area contributed by atoms with Gasteiger partial charge in [0.2, 0.25) is 0 Å². The number of aromatic hydroxyl groups is 1. The molecule has 0 aliphatic carbocycles. The molecule has 130 valence electrons. The van der Waals surface area contributed by atoms with Gasteiger partial charge in [0.1, 0.15) is 28.6 Å². The van der Waals surface area contributed by atoms with Gasteiger partial charge < -0.3 is 21.0 Å². The predicted molar refractivity (Wildman–Crippen MR) is 89.5 cm³/mol. The topological polar surface area (TPSA) is 125 Å². The van der Waals surface area contributed by atoms with Gasteiger partial charge in [-0.1, -0.05) is 5.16 Å². The van der Waals surface area contributed by atoms with Crippen LogP contribution in [0.25, 0.3) is 17.1 Å². The van der Waals surface area contributed by atoms with Crippen molar-refractivity contribution in [3.05, 3.63) is 46.8 Å². The van der Waals surface area contributed by atoms with E-state index in [1.54, 1.807) is 13.8 Å². The van der Waals surface area contributed by atoms with E-state index in [4.69, 9.17) is 10.9 Å². The maximum absolute atomic E-state index is 14.4. The predicted octanol–water partition coefficient (Wildman–Crippen LogP) is 2.13. The van der Waals surface area contributed by atoms with Crippen LogP contribution >= 0.6 is 0 Å². The molecule has 0 spiro atoms. The molecule has 0 saturated heterocycles. The average molecular weight is 344 g/mol. The third-order valence-corrected chi connectivity index (χ3v) is 3.81. The molecule has 5 N–H and O–H groups in total. The number of nitrogens with two attached hydrogens (primary N) is 1. The lowest BCUT2D eigenvalue weighted by molar-refractivity contribution is 0.318. The van der Waals surface area contributed by atoms with E-state index in [1.807, 2.05) is 6.92 Å². The zero-order valence-electron chi connectivity index (χ0n) is 13.9. The van der Waals surface area contributed by atoms with E-state index in [9.17, 15) is 9.50 Å². The highest BCUT2D eigenvalue weighted by molar-refractivity contribution is 6.03. The quantitative estimate of drug-likeness (QED) is 0.251. The first-order valence-corrected chi connectivity index (χ1v) is 7.43. The molecular formula is C16H17FN6O2. The fourth-order valence-corrected chi connectivity index (χ4v) is 2.79. The van der Waals surface area contributed by atoms with Crippen molar-refractivity contribution in [2.45, 2.75) is 20.8 Å². The molecular weight excluding hydrogens is 327 g/mol. The Kier molecular flexibility index (Phi) is 3.91. The maximum Gasteiger partial charge on any atom is 0.174 e. The monoisotopic (exact) mass is 344 g/mol. The molecule has 8 nitrogen and oxygen atoms in total. The molecule has 0 bridgehead atoms. The zero-order valence-corrected chi connectivity index (χ0v) is 13.9. The highest BCUT2D eigenvalue weighted by Crippen LogP contribution is 2.31. The van der Waals surface area contributed by atoms with Gasteiger partial charge in [-0.3, -0.25) is 0 Å². The summed E-state index contributed by atoms with van der Waals surface area (Å²) in [6, 6.07) is 3.73. The molecule has 0 amide bonds. The minimum Gasteiger partial charge on any atom is -0.508 e. The Morgan fingerprint density at radius 3 is 2.60 bits per heavy atom. The van der Waals surface area contributed by atoms with E-state index in [-0.39, 0.29) is 17.3 Å². The summed E-state index contributed by atoms with van der Waals surface area (Å²) < 4.78 is 15.7. The second kappa shape index (κ2) is 5.93. The number of hydrogen-bond donors (Lipinski definition) is 4. The van der Waals surface area contributed by atoms with Crippen molar-refractivity contribution in [3.8, 4) is 22.8 Å². The Hall–Kier alpha value is -3.36. The highest BCUT2D eigenvalue weighted by atomic mass is 19.1. The van der Waals surface area contributed by atoms with Gasteiger partial charge in [0.15, 0.2) is 11.7 Å². The number of halogens is 1. The smallest absolute Gasteiger partial charge is 0.174 e. The van der Waals surface area contributed by atoms with E-state index in [0.717, 1.165) is 11.8 Å². The Morgan fingerprint density at radius 2 is 2.04 bits per heavy atom. The second-order valence-electron chi connectivity index (χ2n) is 5.64. The summed E-state index contributed by atoms with van der Waals surface area (Å²) in [6.07, 6.45) is 0. The third kappa shape index (κ3) is 2.69. The van der Waals surface area contributed by atoms with Crippen LogP contribution in [-0.4, -0.2) is 35.9 Å². The van der Waals surface area contributed by atoms with Crippen LogP contribution in [0.3, 0.4) is 0 Å². The zero-order chi connectivity index (χ0) is 18.3. The van der Waals surface area contributed by atoms with Gasteiger partial charge in [-0.05, 0) is 32.9 Å². The molecule has 3 rings (SSSR count). The number of oxime groups is 1. The number of rotatable bonds is 3. The fraction of sp³-hybridized carbons (Fsp3) is 0.188. The lowest BCUT2D eigenvalue weighted by Crippen LogP contribution is -2.15. The molecule has 0 saturated carbocycles. The van der Waals surface area contributed by atoms with E-state index >= 15 is 0 Å². The number of phenols is 1. The number of hydrogen-bond acceptors (Lipinski definition) is 5. The first-order valence-electron chi connectivity index (χ1n) is 7.43. The van der Waals surface area contributed by atoms with Gasteiger partial charge in [-0.25, -0.2) is 14.1 Å². The summed E-state index contributed by atoms with van der Waals surface area (Å²) in [7, 11) is 0. The van der Waals surface area contributed by atoms with Crippen LogP contribution in [-0.2, 0) is 0 Å². The van der Waals surface area contributed by atoms with Gasteiger partial charge in [0.05, 0.1) is 11.3 Å². The summed E-state index contributed by atoms with van der Waals surface area (Å²) in [6.45, 7) is 5.26. The number of amidine groups is 1. The van der Waals surface area contributed by atoms with Gasteiger partial charge in [0.25, 0.3) is 0 Å². The number of H-pyrrole nitrogens is 1. The Bertz CT molecular complexity index is 989. The van der Waals surface area contributed by atoms with Crippen LogP contribution in [0.4, 0.5) is 4.39 Å². The Morgan fingerprint density at radius 1 is 1.32 bits per heavy atom. The summed E-state index contributed by atoms with van der Waals surface area (Å²) in [5.74, 6) is -0.359. The number of nitrogens with one attached hydrogen (secondary N) is 1. The molecule has 0 radical (unpaired) electrons. The van der Waals surface area contributed by atoms with E-state index in [1.165, 1.54) is 16.8 Å². The van der Waals surface area contributed by atoms with Crippen molar-refractivity contribution in [1.29, 1.82) is 0 Å². The van der Waals surface area contributed by atoms with E-state index in [0.29, 0.717) is 28.5 Å². The fourth-order valence-electron chi connectivity index (χ4n) is 2.79. The van der Waals surface area contributed by atoms with Crippen LogP contribution in [0, 0.1) is 26.6 Å². The van der Waals surface area contributed by atoms with Gasteiger partial charge in [-0.15, -0.1) is 0 Å². The van der Waals surface area contributed by atoms with Crippen molar-refractivity contribution >= 4 is 5.84 Å². The summed E-state index contributed by atoms with van der Waals surface area (Å²) in [4.78, 5) is 7.50. The third-order valence-electron chi connectivity index (χ3n) is 3.81. The number of aromatic nitrogens is 4. The summed E-state index contributed by atoms with van der Waals surface area (Å²) in [5, 5.41) is 26.0. The number of phenolic OH excluding ortho intramolecular Hbond substituents is 1. The van der Waals surface area contributed by atoms with Gasteiger partial charge >= 0.3 is 0 Å². The molecule has 1 aromatic carbocycles. The molecule has 2 aromatic heterocycles. The standard InChI is InChI=1S/C16H17FN6O2/c1-7-13(16(18)22-25)15(14-8(2)19-9(3)20-14)23(21-7)12-5-4-10(24)6-11(12)17/h4-6,24-25H,1-3H3,(H2,18,22)(H,19,20). The van der Waals surface area contributed by atoms with Crippen LogP contribution in [0.15, 0.2) is 23.4 Å². The molecule has 0 atom stereocenters. The van der Waals surface area contributed by atoms with Crippen molar-refractivity contribution in [2.24, 2.45) is 10.9 Å². The van der Waals surface area contributed by atoms with Crippen molar-refractivity contribution in [1.82, 2.24) is 19.7 Å². The van der Waals surface area contributed by atoms with Gasteiger partial charge in [0, 0.05) is 11.8 Å².